The Kier molecular flexibility index (Phi) is 32.9. The number of phosphoric ester groups is 2. The Morgan fingerprint density at radius 3 is 1.91 bits per heavy atom. The fourth-order valence-corrected chi connectivity index (χ4v) is 6.08. The molecular formula is C39H70O14P2. The van der Waals surface area contributed by atoms with Crippen molar-refractivity contribution in [2.45, 2.75) is 155 Å². The minimum Gasteiger partial charge on any atom is -0.462 e. The first-order chi connectivity index (χ1) is 26.1. The van der Waals surface area contributed by atoms with Gasteiger partial charge in [0.1, 0.15) is 12.7 Å². The van der Waals surface area contributed by atoms with Gasteiger partial charge in [-0.2, -0.15) is 0 Å². The summed E-state index contributed by atoms with van der Waals surface area (Å²) in [6.45, 7) is 3.71. The third-order valence-electron chi connectivity index (χ3n) is 7.99. The lowest BCUT2D eigenvalue weighted by Crippen LogP contribution is -2.30. The highest BCUT2D eigenvalue weighted by Crippen LogP contribution is 2.43. The molecule has 55 heavy (non-hydrogen) atoms. The summed E-state index contributed by atoms with van der Waals surface area (Å²) in [5.41, 5.74) is 0. The molecule has 0 aromatic heterocycles. The van der Waals surface area contributed by atoms with Crippen molar-refractivity contribution in [2.24, 2.45) is 5.92 Å². The van der Waals surface area contributed by atoms with Gasteiger partial charge < -0.3 is 34.4 Å². The van der Waals surface area contributed by atoms with Gasteiger partial charge in [-0.25, -0.2) is 9.13 Å². The molecule has 0 aliphatic carbocycles. The first-order valence-corrected chi connectivity index (χ1v) is 22.8. The molecule has 0 aliphatic rings. The monoisotopic (exact) mass is 824 g/mol. The predicted molar refractivity (Wildman–Crippen MR) is 213 cm³/mol. The van der Waals surface area contributed by atoms with Crippen molar-refractivity contribution in [1.29, 1.82) is 0 Å². The Balaban J connectivity index is 4.78. The number of unbranched alkanes of at least 4 members (excludes halogenated alkanes) is 9. The maximum Gasteiger partial charge on any atom is 0.472 e. The molecule has 0 rings (SSSR count). The summed E-state index contributed by atoms with van der Waals surface area (Å²) in [5.74, 6) is -0.530. The molecule has 4 atom stereocenters. The Bertz CT molecular complexity index is 1200. The number of carbonyl (C=O) groups excluding carboxylic acids is 2. The van der Waals surface area contributed by atoms with E-state index in [1.54, 1.807) is 12.2 Å². The Morgan fingerprint density at radius 1 is 0.636 bits per heavy atom. The second-order valence-corrected chi connectivity index (χ2v) is 16.6. The van der Waals surface area contributed by atoms with E-state index in [9.17, 15) is 33.8 Å². The fraction of sp³-hybridized carbons (Fsp3) is 0.744. The van der Waals surface area contributed by atoms with Crippen LogP contribution in [0.1, 0.15) is 136 Å². The van der Waals surface area contributed by atoms with Gasteiger partial charge in [-0.05, 0) is 50.9 Å². The molecule has 0 saturated carbocycles. The molecule has 14 nitrogen and oxygen atoms in total. The van der Waals surface area contributed by atoms with Crippen LogP contribution >= 0.6 is 15.6 Å². The molecular weight excluding hydrogens is 754 g/mol. The first kappa shape index (κ1) is 53.0. The van der Waals surface area contributed by atoms with Gasteiger partial charge in [0.2, 0.25) is 0 Å². The van der Waals surface area contributed by atoms with Crippen molar-refractivity contribution in [3.05, 3.63) is 48.6 Å². The number of ether oxygens (including phenoxy) is 2. The molecule has 0 aromatic rings. The third-order valence-corrected chi connectivity index (χ3v) is 9.43. The Labute approximate surface area is 329 Å². The molecule has 0 aromatic carbocycles. The molecule has 0 aliphatic heterocycles. The van der Waals surface area contributed by atoms with Gasteiger partial charge in [0.15, 0.2) is 6.10 Å². The molecule has 0 heterocycles. The van der Waals surface area contributed by atoms with Crippen LogP contribution in [-0.2, 0) is 41.8 Å². The summed E-state index contributed by atoms with van der Waals surface area (Å²) < 4.78 is 47.4. The minimum atomic E-state index is -4.88. The normalized spacial score (nSPS) is 15.4. The zero-order valence-corrected chi connectivity index (χ0v) is 35.1. The molecule has 320 valence electrons. The Morgan fingerprint density at radius 2 is 1.24 bits per heavy atom. The van der Waals surface area contributed by atoms with E-state index in [1.165, 1.54) is 38.5 Å². The van der Waals surface area contributed by atoms with Crippen molar-refractivity contribution < 1.29 is 66.7 Å². The van der Waals surface area contributed by atoms with Crippen LogP contribution in [0.15, 0.2) is 48.6 Å². The molecule has 16 heteroatoms. The predicted octanol–water partition coefficient (Wildman–Crippen LogP) is 8.33. The van der Waals surface area contributed by atoms with Crippen LogP contribution < -0.4 is 0 Å². The molecule has 0 saturated heterocycles. The maximum absolute atomic E-state index is 12.6. The maximum atomic E-state index is 12.6. The minimum absolute atomic E-state index is 0.0977. The molecule has 0 amide bonds. The summed E-state index contributed by atoms with van der Waals surface area (Å²) >= 11 is 0. The van der Waals surface area contributed by atoms with E-state index in [0.717, 1.165) is 44.9 Å². The van der Waals surface area contributed by atoms with Gasteiger partial charge in [-0.15, -0.1) is 0 Å². The van der Waals surface area contributed by atoms with Gasteiger partial charge in [0.05, 0.1) is 25.9 Å². The largest absolute Gasteiger partial charge is 0.472 e. The highest BCUT2D eigenvalue weighted by Gasteiger charge is 2.28. The average molecular weight is 825 g/mol. The van der Waals surface area contributed by atoms with E-state index in [-0.39, 0.29) is 25.7 Å². The van der Waals surface area contributed by atoms with Gasteiger partial charge >= 0.3 is 27.6 Å². The fourth-order valence-electron chi connectivity index (χ4n) is 4.93. The molecule has 0 bridgehead atoms. The van der Waals surface area contributed by atoms with Crippen molar-refractivity contribution in [2.75, 3.05) is 26.4 Å². The van der Waals surface area contributed by atoms with E-state index in [1.807, 2.05) is 12.2 Å². The zero-order valence-electron chi connectivity index (χ0n) is 33.3. The summed E-state index contributed by atoms with van der Waals surface area (Å²) in [4.78, 5) is 52.5. The number of rotatable bonds is 36. The van der Waals surface area contributed by atoms with Crippen LogP contribution in [-0.4, -0.2) is 81.6 Å². The number of aliphatic hydroxyl groups excluding tert-OH is 2. The summed E-state index contributed by atoms with van der Waals surface area (Å²) in [7, 11) is -9.74. The van der Waals surface area contributed by atoms with Crippen molar-refractivity contribution >= 4 is 27.6 Å². The van der Waals surface area contributed by atoms with E-state index >= 15 is 0 Å². The lowest BCUT2D eigenvalue weighted by molar-refractivity contribution is -0.161. The Hall–Kier alpha value is -1.96. The standard InChI is InChI=1S/C39H70O14P2/c1-4-5-6-7-8-9-10-11-12-13-16-19-22-26-35(40)27-24-29-39(43)53-37(33-52-55(47,48)51-31-36(41)30-50-54(44,45)46)32-49-38(42)28-23-20-17-14-15-18-21-25-34(2)3/h8-9,11-12,16,19,22,26,34-37,40-41H,4-7,10,13-15,17-18,20-21,23-25,27-33H2,1-3H3,(H,47,48)(H2,44,45,46)/b9-8-,12-11-,19-16-,26-22+/t35-,36-,37+/m0/s1. The topological polar surface area (TPSA) is 216 Å². The summed E-state index contributed by atoms with van der Waals surface area (Å²) in [6, 6.07) is 0. The second kappa shape index (κ2) is 34.1. The number of aliphatic hydroxyl groups is 2. The first-order valence-electron chi connectivity index (χ1n) is 19.8. The number of carbonyl (C=O) groups is 2. The molecule has 0 fully saturated rings. The highest BCUT2D eigenvalue weighted by atomic mass is 31.2. The zero-order chi connectivity index (χ0) is 41.2. The SMILES string of the molecule is CCCCC/C=C\C/C=C\C/C=C\C=C\[C@H](O)CCCC(=O)O[C@H](COC(=O)CCCCCCCCCC(C)C)COP(=O)(O)OC[C@@H](O)COP(=O)(O)O. The van der Waals surface area contributed by atoms with Crippen LogP contribution in [0.5, 0.6) is 0 Å². The number of esters is 2. The van der Waals surface area contributed by atoms with Gasteiger partial charge in [0.25, 0.3) is 0 Å². The van der Waals surface area contributed by atoms with Crippen molar-refractivity contribution in [1.82, 2.24) is 0 Å². The number of allylic oxidation sites excluding steroid dienone is 7. The van der Waals surface area contributed by atoms with Crippen LogP contribution in [0, 0.1) is 5.92 Å². The number of hydrogen-bond acceptors (Lipinski definition) is 11. The second-order valence-electron chi connectivity index (χ2n) is 13.9. The lowest BCUT2D eigenvalue weighted by Gasteiger charge is -2.20. The van der Waals surface area contributed by atoms with Crippen LogP contribution in [0.3, 0.4) is 0 Å². The summed E-state index contributed by atoms with van der Waals surface area (Å²) in [5, 5.41) is 20.0. The van der Waals surface area contributed by atoms with Crippen LogP contribution in [0.2, 0.25) is 0 Å². The van der Waals surface area contributed by atoms with Gasteiger partial charge in [-0.3, -0.25) is 23.2 Å². The molecule has 0 spiro atoms. The molecule has 0 radical (unpaired) electrons. The molecule has 1 unspecified atom stereocenters. The van der Waals surface area contributed by atoms with Crippen LogP contribution in [0.4, 0.5) is 0 Å². The third kappa shape index (κ3) is 38.7. The van der Waals surface area contributed by atoms with E-state index < -0.39 is 72.3 Å². The lowest BCUT2D eigenvalue weighted by atomic mass is 10.0. The van der Waals surface area contributed by atoms with Gasteiger partial charge in [-0.1, -0.05) is 127 Å². The quantitative estimate of drug-likeness (QED) is 0.0132. The van der Waals surface area contributed by atoms with Gasteiger partial charge in [0, 0.05) is 12.8 Å². The highest BCUT2D eigenvalue weighted by molar-refractivity contribution is 7.47. The smallest absolute Gasteiger partial charge is 0.462 e. The van der Waals surface area contributed by atoms with Crippen LogP contribution in [0.25, 0.3) is 0 Å². The van der Waals surface area contributed by atoms with E-state index in [4.69, 9.17) is 23.8 Å². The molecule has 5 N–H and O–H groups in total. The van der Waals surface area contributed by atoms with E-state index in [0.29, 0.717) is 12.3 Å². The number of phosphoric acid groups is 2. The summed E-state index contributed by atoms with van der Waals surface area (Å²) in [6.07, 6.45) is 27.5. The number of hydrogen-bond donors (Lipinski definition) is 5. The van der Waals surface area contributed by atoms with Crippen molar-refractivity contribution in [3.8, 4) is 0 Å². The van der Waals surface area contributed by atoms with Crippen molar-refractivity contribution in [3.63, 3.8) is 0 Å². The average Bonchev–Trinajstić information content (AvgIpc) is 3.11. The van der Waals surface area contributed by atoms with E-state index in [2.05, 4.69) is 54.1 Å².